The third-order valence-electron chi connectivity index (χ3n) is 2.35. The fraction of sp³-hybridized carbons (Fsp3) is 0.300. The number of sulfonamides is 1. The zero-order valence-corrected chi connectivity index (χ0v) is 11.1. The summed E-state index contributed by atoms with van der Waals surface area (Å²) >= 11 is 5.70. The van der Waals surface area contributed by atoms with Crippen LogP contribution in [0, 0.1) is 0 Å². The van der Waals surface area contributed by atoms with Gasteiger partial charge in [0.1, 0.15) is 11.0 Å². The Morgan fingerprint density at radius 2 is 1.95 bits per heavy atom. The van der Waals surface area contributed by atoms with E-state index >= 15 is 0 Å². The second-order valence-electron chi connectivity index (χ2n) is 3.84. The van der Waals surface area contributed by atoms with Gasteiger partial charge in [-0.15, -0.1) is 0 Å². The Morgan fingerprint density at radius 1 is 1.37 bits per heavy atom. The van der Waals surface area contributed by atoms with Crippen molar-refractivity contribution in [1.29, 1.82) is 0 Å². The van der Waals surface area contributed by atoms with Crippen molar-refractivity contribution in [1.82, 2.24) is 0 Å². The van der Waals surface area contributed by atoms with Crippen molar-refractivity contribution in [2.45, 2.75) is 23.5 Å². The van der Waals surface area contributed by atoms with Crippen molar-refractivity contribution >= 4 is 27.6 Å². The Bertz CT molecular complexity index is 588. The van der Waals surface area contributed by atoms with Gasteiger partial charge in [-0.05, 0) is 17.7 Å². The van der Waals surface area contributed by atoms with Gasteiger partial charge in [-0.2, -0.15) is 0 Å². The second-order valence-corrected chi connectivity index (χ2v) is 5.78. The van der Waals surface area contributed by atoms with Crippen molar-refractivity contribution in [2.75, 3.05) is 0 Å². The van der Waals surface area contributed by atoms with Crippen LogP contribution in [0.15, 0.2) is 23.1 Å². The van der Waals surface area contributed by atoms with E-state index < -0.39 is 34.6 Å². The molecule has 0 aromatic heterocycles. The summed E-state index contributed by atoms with van der Waals surface area (Å²) < 4.78 is 22.2. The van der Waals surface area contributed by atoms with Crippen molar-refractivity contribution < 1.29 is 28.5 Å². The first-order valence-corrected chi connectivity index (χ1v) is 6.95. The van der Waals surface area contributed by atoms with E-state index in [1.54, 1.807) is 0 Å². The Balaban J connectivity index is 3.04. The lowest BCUT2D eigenvalue weighted by atomic mass is 10.0. The summed E-state index contributed by atoms with van der Waals surface area (Å²) in [6.45, 7) is 0. The van der Waals surface area contributed by atoms with E-state index in [-0.39, 0.29) is 15.5 Å². The first-order chi connectivity index (χ1) is 8.62. The van der Waals surface area contributed by atoms with Gasteiger partial charge in [0.25, 0.3) is 0 Å². The normalized spacial score (nSPS) is 14.9. The predicted octanol–water partition coefficient (Wildman–Crippen LogP) is -0.144. The summed E-state index contributed by atoms with van der Waals surface area (Å²) in [4.78, 5) is 10.1. The lowest BCUT2D eigenvalue weighted by molar-refractivity contribution is -0.141. The highest BCUT2D eigenvalue weighted by Crippen LogP contribution is 2.26. The van der Waals surface area contributed by atoms with E-state index in [9.17, 15) is 23.4 Å². The monoisotopic (exact) mass is 309 g/mol. The second kappa shape index (κ2) is 5.85. The Kier molecular flexibility index (Phi) is 4.88. The van der Waals surface area contributed by atoms with Gasteiger partial charge in [0.2, 0.25) is 10.0 Å². The molecule has 9 heteroatoms. The maximum absolute atomic E-state index is 11.1. The topological polar surface area (TPSA) is 138 Å². The molecule has 0 aliphatic rings. The average molecular weight is 310 g/mol. The summed E-state index contributed by atoms with van der Waals surface area (Å²) in [7, 11) is -3.99. The minimum Gasteiger partial charge on any atom is -0.481 e. The maximum Gasteiger partial charge on any atom is 0.306 e. The minimum absolute atomic E-state index is 0.0890. The summed E-state index contributed by atoms with van der Waals surface area (Å²) in [6, 6.07) is 3.38. The number of carbonyl (C=O) groups is 1. The molecular formula is C10H12ClNO6S. The molecule has 106 valence electrons. The predicted molar refractivity (Wildman–Crippen MR) is 66.0 cm³/mol. The smallest absolute Gasteiger partial charge is 0.306 e. The highest BCUT2D eigenvalue weighted by molar-refractivity contribution is 7.89. The quantitative estimate of drug-likeness (QED) is 0.597. The fourth-order valence-corrected chi connectivity index (χ4v) is 2.54. The molecule has 0 saturated carbocycles. The van der Waals surface area contributed by atoms with Gasteiger partial charge >= 0.3 is 5.97 Å². The Hall–Kier alpha value is -1.19. The molecule has 5 N–H and O–H groups in total. The molecule has 7 nitrogen and oxygen atoms in total. The van der Waals surface area contributed by atoms with E-state index in [0.29, 0.717) is 0 Å². The van der Waals surface area contributed by atoms with E-state index in [0.717, 1.165) is 12.1 Å². The van der Waals surface area contributed by atoms with Gasteiger partial charge in [-0.3, -0.25) is 4.79 Å². The SMILES string of the molecule is NS(=O)(=O)c1ccc(C(O)C(O)CC(=O)O)cc1Cl. The van der Waals surface area contributed by atoms with Crippen LogP contribution in [0.5, 0.6) is 0 Å². The van der Waals surface area contributed by atoms with E-state index in [2.05, 4.69) is 0 Å². The molecule has 2 atom stereocenters. The molecule has 0 fully saturated rings. The largest absolute Gasteiger partial charge is 0.481 e. The molecule has 0 amide bonds. The number of benzene rings is 1. The highest BCUT2D eigenvalue weighted by Gasteiger charge is 2.23. The van der Waals surface area contributed by atoms with E-state index in [4.69, 9.17) is 21.8 Å². The van der Waals surface area contributed by atoms with E-state index in [1.165, 1.54) is 6.07 Å². The lowest BCUT2D eigenvalue weighted by Crippen LogP contribution is -2.22. The number of primary sulfonamides is 1. The van der Waals surface area contributed by atoms with E-state index in [1.807, 2.05) is 0 Å². The van der Waals surface area contributed by atoms with Gasteiger partial charge in [0.05, 0.1) is 17.5 Å². The van der Waals surface area contributed by atoms with Crippen LogP contribution in [0.3, 0.4) is 0 Å². The molecule has 1 aromatic rings. The number of aliphatic hydroxyl groups is 2. The van der Waals surface area contributed by atoms with Crippen molar-refractivity contribution in [2.24, 2.45) is 5.14 Å². The molecule has 2 unspecified atom stereocenters. The Morgan fingerprint density at radius 3 is 2.37 bits per heavy atom. The standard InChI is InChI=1S/C10H12ClNO6S/c11-6-3-5(1-2-8(6)19(12,17)18)10(16)7(13)4-9(14)15/h1-3,7,10,13,16H,4H2,(H,14,15)(H2,12,17,18). The average Bonchev–Trinajstić information content (AvgIpc) is 2.25. The zero-order valence-electron chi connectivity index (χ0n) is 9.52. The third kappa shape index (κ3) is 4.15. The molecule has 0 heterocycles. The number of aliphatic carboxylic acids is 1. The maximum atomic E-state index is 11.1. The Labute approximate surface area is 114 Å². The molecule has 0 saturated heterocycles. The number of rotatable bonds is 5. The molecule has 0 radical (unpaired) electrons. The highest BCUT2D eigenvalue weighted by atomic mass is 35.5. The van der Waals surface area contributed by atoms with Crippen LogP contribution in [-0.4, -0.2) is 35.8 Å². The number of hydrogen-bond acceptors (Lipinski definition) is 5. The molecule has 0 bridgehead atoms. The first-order valence-electron chi connectivity index (χ1n) is 5.03. The van der Waals surface area contributed by atoms with Crippen LogP contribution in [-0.2, 0) is 14.8 Å². The molecule has 1 rings (SSSR count). The molecule has 0 spiro atoms. The number of carboxylic acids is 1. The van der Waals surface area contributed by atoms with Crippen LogP contribution in [0.25, 0.3) is 0 Å². The van der Waals surface area contributed by atoms with Gasteiger partial charge < -0.3 is 15.3 Å². The summed E-state index contributed by atoms with van der Waals surface area (Å²) in [5, 5.41) is 32.3. The van der Waals surface area contributed by atoms with Crippen LogP contribution in [0.1, 0.15) is 18.1 Å². The number of aliphatic hydroxyl groups excluding tert-OH is 2. The van der Waals surface area contributed by atoms with Crippen molar-refractivity contribution in [3.8, 4) is 0 Å². The zero-order chi connectivity index (χ0) is 14.8. The summed E-state index contributed by atoms with van der Waals surface area (Å²) in [5.41, 5.74) is 0.0890. The number of nitrogens with two attached hydrogens (primary N) is 1. The summed E-state index contributed by atoms with van der Waals surface area (Å²) in [5.74, 6) is -1.28. The van der Waals surface area contributed by atoms with Gasteiger partial charge in [0.15, 0.2) is 0 Å². The summed E-state index contributed by atoms with van der Waals surface area (Å²) in [6.07, 6.45) is -3.69. The number of carboxylic acid groups (broad SMARTS) is 1. The van der Waals surface area contributed by atoms with Crippen molar-refractivity contribution in [3.05, 3.63) is 28.8 Å². The third-order valence-corrected chi connectivity index (χ3v) is 3.75. The molecule has 0 aliphatic carbocycles. The lowest BCUT2D eigenvalue weighted by Gasteiger charge is -2.17. The van der Waals surface area contributed by atoms with Crippen LogP contribution in [0.4, 0.5) is 0 Å². The van der Waals surface area contributed by atoms with Crippen LogP contribution >= 0.6 is 11.6 Å². The molecule has 19 heavy (non-hydrogen) atoms. The number of halogens is 1. The van der Waals surface area contributed by atoms with Crippen molar-refractivity contribution in [3.63, 3.8) is 0 Å². The molecule has 0 aliphatic heterocycles. The first kappa shape index (κ1) is 15.9. The molecule has 1 aromatic carbocycles. The van der Waals surface area contributed by atoms with Crippen LogP contribution in [0.2, 0.25) is 5.02 Å². The molecular weight excluding hydrogens is 298 g/mol. The minimum atomic E-state index is -3.99. The van der Waals surface area contributed by atoms with Gasteiger partial charge in [-0.25, -0.2) is 13.6 Å². The van der Waals surface area contributed by atoms with Crippen LogP contribution < -0.4 is 5.14 Å². The fourth-order valence-electron chi connectivity index (χ4n) is 1.44. The number of hydrogen-bond donors (Lipinski definition) is 4. The van der Waals surface area contributed by atoms with Gasteiger partial charge in [0, 0.05) is 0 Å². The van der Waals surface area contributed by atoms with Gasteiger partial charge in [-0.1, -0.05) is 17.7 Å².